The Morgan fingerprint density at radius 2 is 1.09 bits per heavy atom. The van der Waals surface area contributed by atoms with Crippen molar-refractivity contribution in [1.82, 2.24) is 97.9 Å². The monoisotopic (exact) mass is 1910 g/mol. The van der Waals surface area contributed by atoms with Gasteiger partial charge < -0.3 is 131 Å². The summed E-state index contributed by atoms with van der Waals surface area (Å²) < 4.78 is 0.806. The number of imidazole rings is 1. The average Bonchev–Trinajstić information content (AvgIpc) is 1.79. The molecule has 1 unspecified atom stereocenters. The number of fused-ring (bicyclic) bond motifs is 4. The van der Waals surface area contributed by atoms with Crippen LogP contribution in [0.4, 0.5) is 0 Å². The number of phenols is 1. The van der Waals surface area contributed by atoms with Gasteiger partial charge in [-0.25, -0.2) is 4.98 Å². The molecule has 15 atom stereocenters. The molecule has 0 aliphatic carbocycles. The van der Waals surface area contributed by atoms with Crippen molar-refractivity contribution in [3.8, 4) is 5.75 Å². The third kappa shape index (κ3) is 28.9. The topological polar surface area (TPSA) is 666 Å². The van der Waals surface area contributed by atoms with Crippen molar-refractivity contribution in [2.75, 3.05) is 72.1 Å². The van der Waals surface area contributed by atoms with Crippen molar-refractivity contribution in [1.29, 1.82) is 5.41 Å². The van der Waals surface area contributed by atoms with Gasteiger partial charge in [-0.15, -0.1) is 23.1 Å². The number of nitrogens with two attached hydrogens (primary N) is 3. The van der Waals surface area contributed by atoms with Crippen LogP contribution < -0.4 is 75.7 Å². The number of aromatic nitrogens is 3. The molecule has 44 nitrogen and oxygen atoms in total. The Hall–Kier alpha value is -13.3. The van der Waals surface area contributed by atoms with Crippen molar-refractivity contribution in [3.63, 3.8) is 0 Å². The molecule has 6 heterocycles. The smallest absolute Gasteiger partial charge is 0.248 e. The zero-order valence-corrected chi connectivity index (χ0v) is 77.7. The summed E-state index contributed by atoms with van der Waals surface area (Å²) in [5.41, 5.74) is 19.2. The summed E-state index contributed by atoms with van der Waals surface area (Å²) in [6.07, 6.45) is 3.78. The van der Waals surface area contributed by atoms with Gasteiger partial charge in [0.1, 0.15) is 96.4 Å². The second kappa shape index (κ2) is 50.7. The first-order valence-electron chi connectivity index (χ1n) is 44.7. The summed E-state index contributed by atoms with van der Waals surface area (Å²) in [4.78, 5) is 265. The maximum atomic E-state index is 15.7. The SMILES string of the molecule is CCCC[C@H]1C(=O)N(C)[C@@H](CCCC)C(=O)N[C@@H](CCCNC(=N)N)C(=O)NC(C(=O)N[C@@H](CO)C(N)=O)CSCC(=O)N[C@@H](Cc2ccc(O)cc2)C(=O)N(C)[C@@H](C)C(=O)N[C@@H](CC(N)=O)C(=O)N2CCC[C@H]2C(=O)N[C@@H](Cc2cnc[nH]2)C(=O)N[C@@H](CO)C(=O)N2CCC[C@H]2C(=O)N[C@@H](Cc2c[nH]c3ccccc23)C(=O)N[C@@H](CO)C(=O)N[C@@H](Cc2csc3ccccc23)C(=O)N1C. The number of aliphatic hydroxyl groups is 3. The van der Waals surface area contributed by atoms with Gasteiger partial charge in [-0.1, -0.05) is 88.1 Å². The number of guanidine groups is 1. The van der Waals surface area contributed by atoms with Gasteiger partial charge in [0.15, 0.2) is 5.96 Å². The first kappa shape index (κ1) is 105. The molecule has 0 bridgehead atoms. The Bertz CT molecular complexity index is 5210. The number of hydrogen-bond acceptors (Lipinski definition) is 25. The predicted molar refractivity (Wildman–Crippen MR) is 496 cm³/mol. The van der Waals surface area contributed by atoms with Crippen molar-refractivity contribution < 1.29 is 102 Å². The van der Waals surface area contributed by atoms with Crippen molar-refractivity contribution >= 4 is 150 Å². The number of unbranched alkanes of at least 4 members (excludes halogenated alkanes) is 2. The highest BCUT2D eigenvalue weighted by Crippen LogP contribution is 2.30. The average molecular weight is 1920 g/mol. The highest BCUT2D eigenvalue weighted by molar-refractivity contribution is 8.00. The number of carbonyl (C=O) groups is 17. The van der Waals surface area contributed by atoms with Crippen LogP contribution >= 0.6 is 23.1 Å². The third-order valence-electron chi connectivity index (χ3n) is 24.1. The molecule has 0 saturated carbocycles. The van der Waals surface area contributed by atoms with Gasteiger partial charge in [0, 0.05) is 106 Å². The summed E-state index contributed by atoms with van der Waals surface area (Å²) in [5.74, 6) is -18.6. The van der Waals surface area contributed by atoms with Crippen LogP contribution in [-0.2, 0) is 107 Å². The number of phenolic OH excluding ortho intramolecular Hbond substituents is 1. The summed E-state index contributed by atoms with van der Waals surface area (Å²) in [6, 6.07) is -4.32. The number of aromatic hydroxyl groups is 1. The molecule has 3 saturated heterocycles. The van der Waals surface area contributed by atoms with Crippen LogP contribution in [0, 0.1) is 5.41 Å². The molecule has 3 aliphatic rings. The van der Waals surface area contributed by atoms with Crippen LogP contribution in [0.1, 0.15) is 127 Å². The summed E-state index contributed by atoms with van der Waals surface area (Å²) in [6.45, 7) is 1.43. The highest BCUT2D eigenvalue weighted by Gasteiger charge is 2.46. The van der Waals surface area contributed by atoms with E-state index in [0.717, 1.165) is 29.2 Å². The van der Waals surface area contributed by atoms with Gasteiger partial charge in [0.25, 0.3) is 0 Å². The number of thioether (sulfide) groups is 1. The first-order chi connectivity index (χ1) is 64.5. The number of carbonyl (C=O) groups excluding carboxylic acids is 17. The van der Waals surface area contributed by atoms with E-state index < -0.39 is 235 Å². The number of H-pyrrole nitrogens is 2. The van der Waals surface area contributed by atoms with E-state index in [9.17, 15) is 68.4 Å². The van der Waals surface area contributed by atoms with Crippen molar-refractivity contribution in [2.45, 2.75) is 221 Å². The number of rotatable bonds is 26. The molecule has 3 aromatic carbocycles. The zero-order chi connectivity index (χ0) is 98.4. The molecule has 3 aliphatic heterocycles. The van der Waals surface area contributed by atoms with Gasteiger partial charge in [-0.05, 0) is 110 Å². The summed E-state index contributed by atoms with van der Waals surface area (Å²) in [5, 5.41) is 82.1. The normalized spacial score (nSPS) is 24.4. The number of aliphatic hydroxyl groups excluding tert-OH is 3. The lowest BCUT2D eigenvalue weighted by molar-refractivity contribution is -0.149. The molecular formula is C89H123N23O21S2. The van der Waals surface area contributed by atoms with Gasteiger partial charge in [0.2, 0.25) is 100 Å². The molecule has 24 N–H and O–H groups in total. The fraction of sp³-hybridized carbons (Fsp3) is 0.517. The van der Waals surface area contributed by atoms with E-state index >= 15 is 33.6 Å². The van der Waals surface area contributed by atoms with Crippen LogP contribution in [0.5, 0.6) is 5.75 Å². The van der Waals surface area contributed by atoms with Crippen molar-refractivity contribution in [3.05, 3.63) is 119 Å². The molecule has 732 valence electrons. The van der Waals surface area contributed by atoms with Gasteiger partial charge in [-0.3, -0.25) is 86.9 Å². The molecule has 46 heteroatoms. The Morgan fingerprint density at radius 1 is 0.548 bits per heavy atom. The Balaban J connectivity index is 1.09. The van der Waals surface area contributed by atoms with E-state index in [4.69, 9.17) is 22.6 Å². The Kier molecular flexibility index (Phi) is 39.5. The quantitative estimate of drug-likeness (QED) is 0.0140. The second-order valence-electron chi connectivity index (χ2n) is 33.7. The second-order valence-corrected chi connectivity index (χ2v) is 35.6. The lowest BCUT2D eigenvalue weighted by Crippen LogP contribution is -2.62. The van der Waals surface area contributed by atoms with Crippen LogP contribution in [0.3, 0.4) is 0 Å². The maximum Gasteiger partial charge on any atom is 0.248 e. The number of para-hydroxylation sites is 1. The van der Waals surface area contributed by atoms with Crippen LogP contribution in [0.25, 0.3) is 21.0 Å². The van der Waals surface area contributed by atoms with Crippen LogP contribution in [0.15, 0.2) is 96.9 Å². The fourth-order valence-electron chi connectivity index (χ4n) is 16.4. The molecule has 135 heavy (non-hydrogen) atoms. The van der Waals surface area contributed by atoms with E-state index in [1.165, 1.54) is 76.2 Å². The largest absolute Gasteiger partial charge is 0.508 e. The van der Waals surface area contributed by atoms with Crippen molar-refractivity contribution in [2.24, 2.45) is 17.2 Å². The van der Waals surface area contributed by atoms with Gasteiger partial charge >= 0.3 is 0 Å². The lowest BCUT2D eigenvalue weighted by Gasteiger charge is -2.36. The Labute approximate surface area is 786 Å². The number of primary amides is 2. The molecule has 3 aromatic heterocycles. The molecule has 9 rings (SSSR count). The van der Waals surface area contributed by atoms with E-state index in [1.54, 1.807) is 48.0 Å². The summed E-state index contributed by atoms with van der Waals surface area (Å²) >= 11 is 2.05. The molecule has 3 fully saturated rings. The maximum absolute atomic E-state index is 15.7. The molecule has 6 aromatic rings. The number of amides is 17. The third-order valence-corrected chi connectivity index (χ3v) is 26.1. The number of nitrogens with zero attached hydrogens (tertiary/aromatic N) is 6. The minimum absolute atomic E-state index is 0.00205. The number of thiophene rings is 1. The fourth-order valence-corrected chi connectivity index (χ4v) is 18.2. The van der Waals surface area contributed by atoms with E-state index in [2.05, 4.69) is 73.4 Å². The molecule has 17 amide bonds. The first-order valence-corrected chi connectivity index (χ1v) is 46.8. The number of hydrogen-bond donors (Lipinski definition) is 21. The van der Waals surface area contributed by atoms with Crippen LogP contribution in [-0.4, -0.2) is 329 Å². The number of nitrogens with one attached hydrogen (secondary N) is 14. The minimum Gasteiger partial charge on any atom is -0.508 e. The number of likely N-dealkylation sites (N-methyl/N-ethyl adjacent to an activating group) is 3. The molecule has 0 spiro atoms. The predicted octanol–water partition coefficient (Wildman–Crippen LogP) is -3.86. The summed E-state index contributed by atoms with van der Waals surface area (Å²) in [7, 11) is 3.87. The van der Waals surface area contributed by atoms with Crippen LogP contribution in [0.2, 0.25) is 0 Å². The minimum atomic E-state index is -1.88. The zero-order valence-electron chi connectivity index (χ0n) is 76.0. The Morgan fingerprint density at radius 3 is 1.70 bits per heavy atom. The van der Waals surface area contributed by atoms with Gasteiger partial charge in [0.05, 0.1) is 38.3 Å². The molecular weight excluding hydrogens is 1790 g/mol. The molecule has 0 radical (unpaired) electrons. The highest BCUT2D eigenvalue weighted by atomic mass is 32.2. The lowest BCUT2D eigenvalue weighted by atomic mass is 10.00. The van der Waals surface area contributed by atoms with E-state index in [1.807, 2.05) is 26.0 Å². The van der Waals surface area contributed by atoms with E-state index in [-0.39, 0.29) is 108 Å². The number of benzene rings is 3. The van der Waals surface area contributed by atoms with E-state index in [0.29, 0.717) is 70.4 Å². The van der Waals surface area contributed by atoms with Gasteiger partial charge in [-0.2, -0.15) is 0 Å². The number of aromatic amines is 2. The standard InChI is InChI=1S/C89H123N23O21S2/c1-7-9-22-67-81(126)99-57(21-15-31-95-89(92)93)76(121)107-66(80(125)104-63(41-113)74(91)119)45-134-46-73(118)98-60(34-49-27-29-53(116)30-28-49)84(129)108(4)48(3)75(120)102-62(38-72(90)117)86(131)111-32-16-24-68(111)83(128)101-59(37-52-40-94-47-97-52)78(123)106-65(43-115)87(132)112-33-17-25-69(112)82(127)100-58(35-50-39-96-56-20-13-11-18-54(50)56)77(122)105-64(42-114)79(124)103-61(36-51-44-135-71-26-14-12-19-55(51)71)85(130)110(6)70(23-10-8-2)88(133)109(67)5/h11-14,18-20,26-30,39-40,44,47-48,57-70,96,113-116H,7-10,15-17,21-25,31-38,41-43,45-46H2,1-6H3,(H2,90,117)(H2,91,119)(H,94,97)(H,98,118)(H,99,126)(H,100,127)(H,101,128)(H,102,120)(H,103,124)(H,104,125)(H,105,122)(H,106,123)(H,107,121)(H4,92,93,95)/t48-,57-,58-,59-,60-,61-,62-,63-,64-,65-,66?,67-,68-,69-,70-/m0/s1.